The Balaban J connectivity index is 1.99. The monoisotopic (exact) mass is 290 g/mol. The molecule has 22 heavy (non-hydrogen) atoms. The van der Waals surface area contributed by atoms with Gasteiger partial charge in [0, 0.05) is 17.1 Å². The number of allylic oxidation sites excluding steroid dienone is 3. The molecular formula is C19H14O3. The van der Waals surface area contributed by atoms with Crippen molar-refractivity contribution in [2.75, 3.05) is 0 Å². The smallest absolute Gasteiger partial charge is 0.343 e. The average Bonchev–Trinajstić information content (AvgIpc) is 2.63. The fourth-order valence-corrected chi connectivity index (χ4v) is 3.38. The van der Waals surface area contributed by atoms with Crippen LogP contribution in [-0.2, 0) is 14.3 Å². The van der Waals surface area contributed by atoms with Crippen LogP contribution in [0.15, 0.2) is 71.9 Å². The maximum atomic E-state index is 12.3. The first-order chi connectivity index (χ1) is 10.6. The third-order valence-corrected chi connectivity index (χ3v) is 4.36. The summed E-state index contributed by atoms with van der Waals surface area (Å²) in [6.07, 6.45) is 9.86. The number of ether oxygens (including phenoxy) is 1. The molecule has 0 amide bonds. The Morgan fingerprint density at radius 3 is 2.68 bits per heavy atom. The molecule has 3 aliphatic carbocycles. The topological polar surface area (TPSA) is 43.4 Å². The minimum absolute atomic E-state index is 0.144. The average molecular weight is 290 g/mol. The van der Waals surface area contributed by atoms with Crippen molar-refractivity contribution in [2.45, 2.75) is 12.5 Å². The molecule has 3 heteroatoms. The van der Waals surface area contributed by atoms with Crippen molar-refractivity contribution >= 4 is 17.3 Å². The first-order valence-electron chi connectivity index (χ1n) is 7.26. The van der Waals surface area contributed by atoms with Gasteiger partial charge in [-0.25, -0.2) is 4.79 Å². The van der Waals surface area contributed by atoms with E-state index in [0.29, 0.717) is 5.57 Å². The van der Waals surface area contributed by atoms with Gasteiger partial charge in [0.15, 0.2) is 11.4 Å². The predicted molar refractivity (Wildman–Crippen MR) is 82.7 cm³/mol. The van der Waals surface area contributed by atoms with E-state index in [0.717, 1.165) is 11.1 Å². The molecule has 1 aromatic carbocycles. The zero-order valence-corrected chi connectivity index (χ0v) is 12.1. The summed E-state index contributed by atoms with van der Waals surface area (Å²) in [5.41, 5.74) is 1.76. The lowest BCUT2D eigenvalue weighted by Crippen LogP contribution is -2.32. The second-order valence-electron chi connectivity index (χ2n) is 5.71. The first-order valence-corrected chi connectivity index (χ1v) is 7.26. The number of benzene rings is 1. The Kier molecular flexibility index (Phi) is 2.61. The van der Waals surface area contributed by atoms with E-state index in [1.807, 2.05) is 54.6 Å². The highest BCUT2D eigenvalue weighted by molar-refractivity contribution is 6.20. The summed E-state index contributed by atoms with van der Waals surface area (Å²) in [5.74, 6) is -0.655. The highest BCUT2D eigenvalue weighted by Crippen LogP contribution is 2.49. The second-order valence-corrected chi connectivity index (χ2v) is 5.71. The van der Waals surface area contributed by atoms with E-state index in [1.54, 1.807) is 0 Å². The molecule has 1 aromatic rings. The van der Waals surface area contributed by atoms with Gasteiger partial charge in [-0.3, -0.25) is 4.79 Å². The van der Waals surface area contributed by atoms with Gasteiger partial charge < -0.3 is 4.74 Å². The van der Waals surface area contributed by atoms with E-state index in [1.165, 1.54) is 6.92 Å². The number of carbonyl (C=O) groups is 2. The number of esters is 1. The van der Waals surface area contributed by atoms with Crippen LogP contribution in [0.2, 0.25) is 0 Å². The van der Waals surface area contributed by atoms with Gasteiger partial charge in [0.1, 0.15) is 5.57 Å². The molecule has 1 spiro atoms. The van der Waals surface area contributed by atoms with E-state index < -0.39 is 11.6 Å². The summed E-state index contributed by atoms with van der Waals surface area (Å²) < 4.78 is 5.72. The normalized spacial score (nSPS) is 28.3. The molecule has 0 unspecified atom stereocenters. The number of hydrogen-bond donors (Lipinski definition) is 0. The lowest BCUT2D eigenvalue weighted by atomic mass is 9.78. The molecule has 5 rings (SSSR count). The third-order valence-electron chi connectivity index (χ3n) is 4.36. The minimum atomic E-state index is -0.969. The van der Waals surface area contributed by atoms with Crippen LogP contribution in [-0.4, -0.2) is 17.4 Å². The molecule has 0 radical (unpaired) electrons. The molecule has 3 nitrogen and oxygen atoms in total. The summed E-state index contributed by atoms with van der Waals surface area (Å²) in [6, 6.07) is 9.84. The maximum Gasteiger partial charge on any atom is 0.343 e. The molecular weight excluding hydrogens is 276 g/mol. The summed E-state index contributed by atoms with van der Waals surface area (Å²) in [5, 5.41) is 0. The van der Waals surface area contributed by atoms with E-state index in [4.69, 9.17) is 4.74 Å². The summed E-state index contributed by atoms with van der Waals surface area (Å²) >= 11 is 0. The van der Waals surface area contributed by atoms with Crippen molar-refractivity contribution in [1.82, 2.24) is 0 Å². The second kappa shape index (κ2) is 4.41. The molecule has 4 aliphatic rings. The van der Waals surface area contributed by atoms with Crippen molar-refractivity contribution in [3.63, 3.8) is 0 Å². The van der Waals surface area contributed by atoms with Gasteiger partial charge in [0.2, 0.25) is 0 Å². The molecule has 108 valence electrons. The molecule has 0 fully saturated rings. The van der Waals surface area contributed by atoms with Crippen molar-refractivity contribution in [2.24, 2.45) is 5.92 Å². The fourth-order valence-electron chi connectivity index (χ4n) is 3.38. The lowest BCUT2D eigenvalue weighted by Gasteiger charge is -2.31. The van der Waals surface area contributed by atoms with Crippen molar-refractivity contribution < 1.29 is 14.3 Å². The van der Waals surface area contributed by atoms with Crippen LogP contribution in [0.4, 0.5) is 0 Å². The van der Waals surface area contributed by atoms with Crippen LogP contribution < -0.4 is 0 Å². The minimum Gasteiger partial charge on any atom is -0.441 e. The molecule has 1 aliphatic heterocycles. The van der Waals surface area contributed by atoms with Crippen LogP contribution in [0, 0.1) is 5.92 Å². The molecule has 2 bridgehead atoms. The molecule has 0 aromatic heterocycles. The molecule has 0 saturated heterocycles. The number of rotatable bonds is 2. The van der Waals surface area contributed by atoms with Gasteiger partial charge in [-0.15, -0.1) is 0 Å². The summed E-state index contributed by atoms with van der Waals surface area (Å²) in [7, 11) is 0. The number of hydrogen-bond acceptors (Lipinski definition) is 3. The quantitative estimate of drug-likeness (QED) is 0.478. The first kappa shape index (κ1) is 13.0. The van der Waals surface area contributed by atoms with Crippen molar-refractivity contribution in [3.05, 3.63) is 77.4 Å². The summed E-state index contributed by atoms with van der Waals surface area (Å²) in [4.78, 5) is 24.2. The van der Waals surface area contributed by atoms with Gasteiger partial charge in [-0.1, -0.05) is 54.6 Å². The number of carbonyl (C=O) groups excluding carboxylic acids is 2. The van der Waals surface area contributed by atoms with Crippen molar-refractivity contribution in [3.8, 4) is 0 Å². The van der Waals surface area contributed by atoms with Crippen LogP contribution in [0.25, 0.3) is 5.57 Å². The van der Waals surface area contributed by atoms with E-state index in [9.17, 15) is 9.59 Å². The van der Waals surface area contributed by atoms with Crippen LogP contribution in [0.1, 0.15) is 12.5 Å². The highest BCUT2D eigenvalue weighted by Gasteiger charge is 2.51. The zero-order chi connectivity index (χ0) is 15.3. The van der Waals surface area contributed by atoms with E-state index in [2.05, 4.69) is 6.08 Å². The van der Waals surface area contributed by atoms with Crippen LogP contribution in [0.3, 0.4) is 0 Å². The molecule has 1 heterocycles. The van der Waals surface area contributed by atoms with Gasteiger partial charge >= 0.3 is 5.97 Å². The Bertz CT molecular complexity index is 808. The lowest BCUT2D eigenvalue weighted by molar-refractivity contribution is -0.141. The van der Waals surface area contributed by atoms with Gasteiger partial charge in [0.25, 0.3) is 0 Å². The molecule has 2 atom stereocenters. The summed E-state index contributed by atoms with van der Waals surface area (Å²) in [6.45, 7) is 1.41. The van der Waals surface area contributed by atoms with Gasteiger partial charge in [-0.2, -0.15) is 0 Å². The number of Topliss-reactive ketones (excluding diaryl/α,β-unsaturated/α-hetero) is 1. The van der Waals surface area contributed by atoms with E-state index in [-0.39, 0.29) is 17.3 Å². The van der Waals surface area contributed by atoms with E-state index >= 15 is 0 Å². The maximum absolute atomic E-state index is 12.3. The third kappa shape index (κ3) is 1.62. The standard InChI is InChI=1S/C19H14O3/c1-12(20)17-15-8-7-13-9-10-19(15,22-18(17)21)16(11-13)14-5-3-2-4-6-14/h2-11,13H,1H3/t13-,19+/m0/s1. The largest absolute Gasteiger partial charge is 0.441 e. The van der Waals surface area contributed by atoms with Crippen LogP contribution in [0.5, 0.6) is 0 Å². The van der Waals surface area contributed by atoms with Gasteiger partial charge in [0.05, 0.1) is 0 Å². The molecule has 0 N–H and O–H groups in total. The Morgan fingerprint density at radius 1 is 1.18 bits per heavy atom. The Hall–Kier alpha value is -2.68. The van der Waals surface area contributed by atoms with Gasteiger partial charge in [-0.05, 0) is 18.6 Å². The molecule has 0 saturated carbocycles. The predicted octanol–water partition coefficient (Wildman–Crippen LogP) is 3.01. The zero-order valence-electron chi connectivity index (χ0n) is 12.1. The number of ketones is 1. The van der Waals surface area contributed by atoms with Crippen molar-refractivity contribution in [1.29, 1.82) is 0 Å². The Morgan fingerprint density at radius 2 is 1.95 bits per heavy atom. The fraction of sp³-hybridized carbons (Fsp3) is 0.158. The highest BCUT2D eigenvalue weighted by atomic mass is 16.6. The van der Waals surface area contributed by atoms with Crippen LogP contribution >= 0.6 is 0 Å². The Labute approximate surface area is 128 Å². The SMILES string of the molecule is CC(=O)C1=C2C=C[C@H]3C=C[C@]2(OC1=O)C(c1ccccc1)=C3.